The smallest absolute Gasteiger partial charge is 0.258 e. The Morgan fingerprint density at radius 3 is 2.83 bits per heavy atom. The molecular weight excluding hydrogens is 322 g/mol. The van der Waals surface area contributed by atoms with Gasteiger partial charge in [-0.3, -0.25) is 4.79 Å². The first kappa shape index (κ1) is 15.4. The third kappa shape index (κ3) is 2.84. The van der Waals surface area contributed by atoms with Crippen molar-refractivity contribution in [2.75, 3.05) is 0 Å². The molecule has 1 aliphatic carbocycles. The minimum Gasteiger partial charge on any atom is -0.309 e. The molecule has 124 valence electrons. The number of aromatic nitrogens is 5. The molecule has 6 nitrogen and oxygen atoms in total. The molecule has 7 heteroatoms. The van der Waals surface area contributed by atoms with E-state index in [1.165, 1.54) is 12.8 Å². The number of nitrogens with zero attached hydrogens (tertiary/aromatic N) is 4. The number of rotatable bonds is 5. The van der Waals surface area contributed by atoms with Crippen LogP contribution in [0.15, 0.2) is 34.2 Å². The van der Waals surface area contributed by atoms with Gasteiger partial charge in [-0.2, -0.15) is 0 Å². The summed E-state index contributed by atoms with van der Waals surface area (Å²) in [6.45, 7) is 4.28. The van der Waals surface area contributed by atoms with E-state index >= 15 is 0 Å². The summed E-state index contributed by atoms with van der Waals surface area (Å²) in [7, 11) is 0. The van der Waals surface area contributed by atoms with Crippen LogP contribution < -0.4 is 5.56 Å². The molecule has 0 spiro atoms. The normalized spacial score (nSPS) is 14.6. The highest BCUT2D eigenvalue weighted by Gasteiger charge is 2.30. The summed E-state index contributed by atoms with van der Waals surface area (Å²) < 4.78 is 2.26. The lowest BCUT2D eigenvalue weighted by molar-refractivity contribution is 0.599. The van der Waals surface area contributed by atoms with E-state index < -0.39 is 0 Å². The second-order valence-corrected chi connectivity index (χ2v) is 7.36. The fraction of sp³-hybridized carbons (Fsp3) is 0.412. The van der Waals surface area contributed by atoms with Crippen molar-refractivity contribution in [3.63, 3.8) is 0 Å². The lowest BCUT2D eigenvalue weighted by Gasteiger charge is -2.10. The molecule has 0 saturated heterocycles. The van der Waals surface area contributed by atoms with Gasteiger partial charge in [0.2, 0.25) is 0 Å². The second kappa shape index (κ2) is 6.05. The van der Waals surface area contributed by atoms with E-state index in [0.29, 0.717) is 28.9 Å². The molecule has 2 heterocycles. The Bertz CT molecular complexity index is 942. The van der Waals surface area contributed by atoms with Gasteiger partial charge in [0, 0.05) is 12.0 Å². The highest BCUT2D eigenvalue weighted by atomic mass is 32.2. The molecule has 3 aromatic rings. The molecule has 0 atom stereocenters. The molecule has 0 amide bonds. The number of fused-ring (bicyclic) bond motifs is 1. The van der Waals surface area contributed by atoms with Crippen LogP contribution in [0.25, 0.3) is 10.9 Å². The fourth-order valence-corrected chi connectivity index (χ4v) is 3.68. The zero-order valence-electron chi connectivity index (χ0n) is 13.7. The molecule has 0 unspecified atom stereocenters. The van der Waals surface area contributed by atoms with E-state index in [2.05, 4.69) is 38.6 Å². The van der Waals surface area contributed by atoms with Gasteiger partial charge >= 0.3 is 0 Å². The van der Waals surface area contributed by atoms with Gasteiger partial charge in [-0.05, 0) is 25.0 Å². The molecule has 1 aromatic carbocycles. The first-order valence-electron chi connectivity index (χ1n) is 8.19. The molecule has 1 saturated carbocycles. The summed E-state index contributed by atoms with van der Waals surface area (Å²) in [5, 5.41) is 10.2. The standard InChI is InChI=1S/C17H19N5OS/c1-10(2)15-20-21-17(22(15)11-7-8-11)24-9-14-18-13-6-4-3-5-12(13)16(23)19-14/h3-6,10-11H,7-9H2,1-2H3,(H,18,19,23). The fourth-order valence-electron chi connectivity index (χ4n) is 2.79. The molecule has 2 aromatic heterocycles. The third-order valence-corrected chi connectivity index (χ3v) is 5.07. The minimum atomic E-state index is -0.0947. The average Bonchev–Trinajstić information content (AvgIpc) is 3.32. The number of H-pyrrole nitrogens is 1. The van der Waals surface area contributed by atoms with Gasteiger partial charge in [0.25, 0.3) is 5.56 Å². The van der Waals surface area contributed by atoms with Gasteiger partial charge in [0.05, 0.1) is 16.7 Å². The van der Waals surface area contributed by atoms with Crippen molar-refractivity contribution in [2.45, 2.75) is 49.6 Å². The predicted molar refractivity (Wildman–Crippen MR) is 94.3 cm³/mol. The number of hydrogen-bond acceptors (Lipinski definition) is 5. The number of benzene rings is 1. The number of aromatic amines is 1. The van der Waals surface area contributed by atoms with Crippen LogP contribution >= 0.6 is 11.8 Å². The van der Waals surface area contributed by atoms with Gasteiger partial charge in [0.15, 0.2) is 5.16 Å². The molecule has 0 bridgehead atoms. The summed E-state index contributed by atoms with van der Waals surface area (Å²) in [4.78, 5) is 19.6. The molecule has 0 aliphatic heterocycles. The van der Waals surface area contributed by atoms with Crippen LogP contribution in [0.4, 0.5) is 0 Å². The van der Waals surface area contributed by atoms with Crippen molar-refractivity contribution in [3.05, 3.63) is 46.3 Å². The van der Waals surface area contributed by atoms with E-state index in [1.807, 2.05) is 18.2 Å². The summed E-state index contributed by atoms with van der Waals surface area (Å²) in [6.07, 6.45) is 2.38. The van der Waals surface area contributed by atoms with Crippen molar-refractivity contribution in [1.29, 1.82) is 0 Å². The quantitative estimate of drug-likeness (QED) is 0.721. The average molecular weight is 341 g/mol. The second-order valence-electron chi connectivity index (χ2n) is 6.42. The number of nitrogens with one attached hydrogen (secondary N) is 1. The number of thioether (sulfide) groups is 1. The van der Waals surface area contributed by atoms with Crippen molar-refractivity contribution in [3.8, 4) is 0 Å². The van der Waals surface area contributed by atoms with Crippen LogP contribution in [0.1, 0.15) is 50.3 Å². The Balaban J connectivity index is 1.60. The highest BCUT2D eigenvalue weighted by molar-refractivity contribution is 7.98. The molecule has 1 aliphatic rings. The zero-order chi connectivity index (χ0) is 16.7. The van der Waals surface area contributed by atoms with Crippen LogP contribution in [0, 0.1) is 0 Å². The summed E-state index contributed by atoms with van der Waals surface area (Å²) >= 11 is 1.58. The van der Waals surface area contributed by atoms with Crippen molar-refractivity contribution in [2.24, 2.45) is 0 Å². The van der Waals surface area contributed by atoms with Crippen LogP contribution in [0.3, 0.4) is 0 Å². The van der Waals surface area contributed by atoms with Crippen molar-refractivity contribution < 1.29 is 0 Å². The highest BCUT2D eigenvalue weighted by Crippen LogP contribution is 2.40. The topological polar surface area (TPSA) is 76.5 Å². The van der Waals surface area contributed by atoms with Gasteiger partial charge in [-0.1, -0.05) is 37.7 Å². The largest absolute Gasteiger partial charge is 0.309 e. The summed E-state index contributed by atoms with van der Waals surface area (Å²) in [6, 6.07) is 7.92. The zero-order valence-corrected chi connectivity index (χ0v) is 14.5. The monoisotopic (exact) mass is 341 g/mol. The van der Waals surface area contributed by atoms with Crippen LogP contribution in [-0.4, -0.2) is 24.7 Å². The van der Waals surface area contributed by atoms with Crippen LogP contribution in [-0.2, 0) is 5.75 Å². The number of para-hydroxylation sites is 1. The van der Waals surface area contributed by atoms with Crippen molar-refractivity contribution >= 4 is 22.7 Å². The Morgan fingerprint density at radius 1 is 1.29 bits per heavy atom. The maximum atomic E-state index is 12.2. The lowest BCUT2D eigenvalue weighted by atomic mass is 10.2. The molecule has 1 N–H and O–H groups in total. The maximum Gasteiger partial charge on any atom is 0.258 e. The van der Waals surface area contributed by atoms with Crippen LogP contribution in [0.2, 0.25) is 0 Å². The van der Waals surface area contributed by atoms with E-state index in [-0.39, 0.29) is 5.56 Å². The minimum absolute atomic E-state index is 0.0947. The lowest BCUT2D eigenvalue weighted by Crippen LogP contribution is -2.11. The molecule has 24 heavy (non-hydrogen) atoms. The predicted octanol–water partition coefficient (Wildman–Crippen LogP) is 3.27. The van der Waals surface area contributed by atoms with Gasteiger partial charge in [-0.25, -0.2) is 4.98 Å². The first-order chi connectivity index (χ1) is 11.6. The Hall–Kier alpha value is -2.15. The first-order valence-corrected chi connectivity index (χ1v) is 9.17. The summed E-state index contributed by atoms with van der Waals surface area (Å²) in [5.74, 6) is 2.63. The van der Waals surface area contributed by atoms with E-state index in [4.69, 9.17) is 0 Å². The van der Waals surface area contributed by atoms with E-state index in [9.17, 15) is 4.79 Å². The molecule has 0 radical (unpaired) electrons. The Kier molecular flexibility index (Phi) is 3.88. The van der Waals surface area contributed by atoms with Gasteiger partial charge < -0.3 is 9.55 Å². The number of hydrogen-bond donors (Lipinski definition) is 1. The Labute approximate surface area is 143 Å². The Morgan fingerprint density at radius 2 is 2.08 bits per heavy atom. The third-order valence-electron chi connectivity index (χ3n) is 4.12. The molecule has 1 fully saturated rings. The SMILES string of the molecule is CC(C)c1nnc(SCc2nc3ccccc3c(=O)[nH]2)n1C1CC1. The summed E-state index contributed by atoms with van der Waals surface area (Å²) in [5.41, 5.74) is 0.631. The molecule has 4 rings (SSSR count). The van der Waals surface area contributed by atoms with Gasteiger partial charge in [0.1, 0.15) is 11.6 Å². The van der Waals surface area contributed by atoms with E-state index in [1.54, 1.807) is 17.8 Å². The van der Waals surface area contributed by atoms with Crippen LogP contribution in [0.5, 0.6) is 0 Å². The molecular formula is C17H19N5OS. The maximum absolute atomic E-state index is 12.2. The van der Waals surface area contributed by atoms with E-state index in [0.717, 1.165) is 16.5 Å². The van der Waals surface area contributed by atoms with Gasteiger partial charge in [-0.15, -0.1) is 10.2 Å². The van der Waals surface area contributed by atoms with Crippen molar-refractivity contribution in [1.82, 2.24) is 24.7 Å².